The highest BCUT2D eigenvalue weighted by molar-refractivity contribution is 9.10. The van der Waals surface area contributed by atoms with Crippen molar-refractivity contribution in [2.45, 2.75) is 11.1 Å². The van der Waals surface area contributed by atoms with Crippen molar-refractivity contribution in [3.05, 3.63) is 58.3 Å². The van der Waals surface area contributed by atoms with Crippen LogP contribution in [0.15, 0.2) is 46.9 Å². The smallest absolute Gasteiger partial charge is 0.121 e. The van der Waals surface area contributed by atoms with Crippen LogP contribution in [0.2, 0.25) is 0 Å². The van der Waals surface area contributed by atoms with Gasteiger partial charge in [-0.1, -0.05) is 28.1 Å². The summed E-state index contributed by atoms with van der Waals surface area (Å²) >= 11 is 5.47. The molecule has 0 bridgehead atoms. The van der Waals surface area contributed by atoms with E-state index in [1.165, 1.54) is 11.1 Å². The normalized spacial score (nSPS) is 17.1. The Balaban J connectivity index is 1.87. The third-order valence-corrected chi connectivity index (χ3v) is 5.43. The summed E-state index contributed by atoms with van der Waals surface area (Å²) in [4.78, 5) is 4.75. The van der Waals surface area contributed by atoms with E-state index in [9.17, 15) is 0 Å². The molecule has 2 aromatic carbocycles. The van der Waals surface area contributed by atoms with E-state index in [0.717, 1.165) is 27.3 Å². The zero-order valence-electron chi connectivity index (χ0n) is 11.4. The summed E-state index contributed by atoms with van der Waals surface area (Å²) in [6, 6.07) is 14.6. The lowest BCUT2D eigenvalue weighted by Crippen LogP contribution is -2.03. The van der Waals surface area contributed by atoms with Crippen LogP contribution in [0.5, 0.6) is 5.75 Å². The minimum Gasteiger partial charge on any atom is -0.497 e. The molecule has 21 heavy (non-hydrogen) atoms. The first-order valence-electron chi connectivity index (χ1n) is 6.68. The summed E-state index contributed by atoms with van der Waals surface area (Å²) in [5.74, 6) is 2.92. The summed E-state index contributed by atoms with van der Waals surface area (Å²) in [5, 5.41) is 0.288. The SMILES string of the molecule is COc1ccc2c(c1)nc1n2C(c2cccc(Br)c2)SC1. The molecular formula is C16H13BrN2OS. The lowest BCUT2D eigenvalue weighted by atomic mass is 10.2. The second kappa shape index (κ2) is 5.07. The van der Waals surface area contributed by atoms with Crippen molar-refractivity contribution in [2.75, 3.05) is 7.11 Å². The van der Waals surface area contributed by atoms with Crippen molar-refractivity contribution in [3.8, 4) is 5.75 Å². The molecule has 0 saturated heterocycles. The highest BCUT2D eigenvalue weighted by Gasteiger charge is 2.27. The van der Waals surface area contributed by atoms with Gasteiger partial charge in [0, 0.05) is 10.5 Å². The predicted octanol–water partition coefficient (Wildman–Crippen LogP) is 4.60. The number of thioether (sulfide) groups is 1. The number of rotatable bonds is 2. The standard InChI is InChI=1S/C16H13BrN2OS/c1-20-12-5-6-14-13(8-12)18-15-9-21-16(19(14)15)10-3-2-4-11(17)7-10/h2-8,16H,9H2,1H3. The molecule has 0 spiro atoms. The minimum atomic E-state index is 0.288. The molecule has 3 aromatic rings. The van der Waals surface area contributed by atoms with Crippen LogP contribution in [0.4, 0.5) is 0 Å². The van der Waals surface area contributed by atoms with Gasteiger partial charge in [-0.3, -0.25) is 0 Å². The van der Waals surface area contributed by atoms with E-state index in [4.69, 9.17) is 9.72 Å². The third kappa shape index (κ3) is 2.15. The molecule has 1 unspecified atom stereocenters. The molecule has 0 N–H and O–H groups in total. The van der Waals surface area contributed by atoms with E-state index in [2.05, 4.69) is 50.8 Å². The van der Waals surface area contributed by atoms with E-state index >= 15 is 0 Å². The van der Waals surface area contributed by atoms with E-state index < -0.39 is 0 Å². The quantitative estimate of drug-likeness (QED) is 0.668. The fraction of sp³-hybridized carbons (Fsp3) is 0.188. The van der Waals surface area contributed by atoms with Gasteiger partial charge in [0.1, 0.15) is 16.9 Å². The van der Waals surface area contributed by atoms with Crippen LogP contribution >= 0.6 is 27.7 Å². The molecule has 0 fully saturated rings. The Morgan fingerprint density at radius 1 is 1.29 bits per heavy atom. The van der Waals surface area contributed by atoms with Crippen molar-refractivity contribution < 1.29 is 4.74 Å². The van der Waals surface area contributed by atoms with Crippen molar-refractivity contribution in [1.82, 2.24) is 9.55 Å². The number of fused-ring (bicyclic) bond motifs is 3. The average molecular weight is 361 g/mol. The maximum atomic E-state index is 5.29. The molecule has 1 atom stereocenters. The summed E-state index contributed by atoms with van der Waals surface area (Å²) in [5.41, 5.74) is 3.47. The van der Waals surface area contributed by atoms with Crippen LogP contribution in [0.3, 0.4) is 0 Å². The fourth-order valence-electron chi connectivity index (χ4n) is 2.75. The van der Waals surface area contributed by atoms with Crippen molar-refractivity contribution in [3.63, 3.8) is 0 Å². The Kier molecular flexibility index (Phi) is 3.19. The largest absolute Gasteiger partial charge is 0.497 e. The molecule has 1 aliphatic heterocycles. The van der Waals surface area contributed by atoms with Gasteiger partial charge in [-0.2, -0.15) is 0 Å². The Labute approximate surface area is 135 Å². The molecule has 0 aliphatic carbocycles. The van der Waals surface area contributed by atoms with Gasteiger partial charge in [0.2, 0.25) is 0 Å². The Hall–Kier alpha value is -1.46. The zero-order chi connectivity index (χ0) is 14.4. The van der Waals surface area contributed by atoms with Crippen LogP contribution in [0, 0.1) is 0 Å². The summed E-state index contributed by atoms with van der Waals surface area (Å²) in [6.45, 7) is 0. The molecule has 0 saturated carbocycles. The van der Waals surface area contributed by atoms with Gasteiger partial charge in [-0.05, 0) is 29.8 Å². The number of ether oxygens (including phenoxy) is 1. The molecule has 106 valence electrons. The number of nitrogens with zero attached hydrogens (tertiary/aromatic N) is 2. The van der Waals surface area contributed by atoms with Crippen molar-refractivity contribution >= 4 is 38.7 Å². The number of aromatic nitrogens is 2. The topological polar surface area (TPSA) is 27.1 Å². The first-order chi connectivity index (χ1) is 10.3. The first-order valence-corrected chi connectivity index (χ1v) is 8.52. The van der Waals surface area contributed by atoms with E-state index in [-0.39, 0.29) is 5.37 Å². The number of hydrogen-bond donors (Lipinski definition) is 0. The van der Waals surface area contributed by atoms with Crippen LogP contribution in [0.25, 0.3) is 11.0 Å². The predicted molar refractivity (Wildman–Crippen MR) is 89.9 cm³/mol. The minimum absolute atomic E-state index is 0.288. The molecule has 4 rings (SSSR count). The molecule has 1 aliphatic rings. The van der Waals surface area contributed by atoms with Gasteiger partial charge < -0.3 is 9.30 Å². The van der Waals surface area contributed by atoms with Gasteiger partial charge in [-0.15, -0.1) is 11.8 Å². The highest BCUT2D eigenvalue weighted by atomic mass is 79.9. The Morgan fingerprint density at radius 3 is 3.00 bits per heavy atom. The van der Waals surface area contributed by atoms with Crippen LogP contribution in [-0.2, 0) is 5.75 Å². The van der Waals surface area contributed by atoms with Crippen molar-refractivity contribution in [2.24, 2.45) is 0 Å². The van der Waals surface area contributed by atoms with Gasteiger partial charge in [-0.25, -0.2) is 4.98 Å². The molecule has 0 radical (unpaired) electrons. The van der Waals surface area contributed by atoms with E-state index in [0.29, 0.717) is 0 Å². The van der Waals surface area contributed by atoms with E-state index in [1.54, 1.807) is 7.11 Å². The summed E-state index contributed by atoms with van der Waals surface area (Å²) < 4.78 is 8.74. The summed E-state index contributed by atoms with van der Waals surface area (Å²) in [7, 11) is 1.69. The molecule has 1 aromatic heterocycles. The number of imidazole rings is 1. The van der Waals surface area contributed by atoms with Gasteiger partial charge in [0.25, 0.3) is 0 Å². The number of benzene rings is 2. The van der Waals surface area contributed by atoms with Crippen LogP contribution in [0.1, 0.15) is 16.8 Å². The van der Waals surface area contributed by atoms with Gasteiger partial charge >= 0.3 is 0 Å². The molecular weight excluding hydrogens is 348 g/mol. The second-order valence-electron chi connectivity index (χ2n) is 4.97. The van der Waals surface area contributed by atoms with Gasteiger partial charge in [0.05, 0.1) is 23.9 Å². The fourth-order valence-corrected chi connectivity index (χ4v) is 4.40. The van der Waals surface area contributed by atoms with Crippen LogP contribution < -0.4 is 4.74 Å². The molecule has 0 amide bonds. The molecule has 3 nitrogen and oxygen atoms in total. The third-order valence-electron chi connectivity index (χ3n) is 3.71. The van der Waals surface area contributed by atoms with Crippen molar-refractivity contribution in [1.29, 1.82) is 0 Å². The lowest BCUT2D eigenvalue weighted by Gasteiger charge is -2.14. The monoisotopic (exact) mass is 360 g/mol. The van der Waals surface area contributed by atoms with Gasteiger partial charge in [0.15, 0.2) is 0 Å². The van der Waals surface area contributed by atoms with E-state index in [1.807, 2.05) is 23.9 Å². The first kappa shape index (κ1) is 13.2. The Morgan fingerprint density at radius 2 is 2.19 bits per heavy atom. The number of hydrogen-bond acceptors (Lipinski definition) is 3. The number of methoxy groups -OCH3 is 1. The average Bonchev–Trinajstić information content (AvgIpc) is 3.05. The zero-order valence-corrected chi connectivity index (χ0v) is 13.8. The van der Waals surface area contributed by atoms with Crippen LogP contribution in [-0.4, -0.2) is 16.7 Å². The maximum absolute atomic E-state index is 5.29. The highest BCUT2D eigenvalue weighted by Crippen LogP contribution is 2.43. The Bertz CT molecular complexity index is 830. The second-order valence-corrected chi connectivity index (χ2v) is 6.96. The molecule has 5 heteroatoms. The maximum Gasteiger partial charge on any atom is 0.121 e. The number of halogens is 1. The lowest BCUT2D eigenvalue weighted by molar-refractivity contribution is 0.415. The summed E-state index contributed by atoms with van der Waals surface area (Å²) in [6.07, 6.45) is 0. The molecule has 2 heterocycles.